The lowest BCUT2D eigenvalue weighted by molar-refractivity contribution is -0.126. The van der Waals surface area contributed by atoms with Crippen LogP contribution in [-0.4, -0.2) is 60.1 Å². The minimum atomic E-state index is -0.795. The van der Waals surface area contributed by atoms with Crippen LogP contribution in [0.2, 0.25) is 10.0 Å². The first-order chi connectivity index (χ1) is 19.3. The van der Waals surface area contributed by atoms with Gasteiger partial charge in [0.25, 0.3) is 5.91 Å². The predicted octanol–water partition coefficient (Wildman–Crippen LogP) is 3.37. The molecule has 0 spiro atoms. The Kier molecular flexibility index (Phi) is 10.3. The SMILES string of the molecule is O=C(CCc1ccc2c(n1)NCCC2)NCC(=O)NC[C@@H](CO)NC(=O)c1c(Cl)cc(-c2ccccc2)cc1Cl. The van der Waals surface area contributed by atoms with Gasteiger partial charge in [0.1, 0.15) is 5.82 Å². The molecule has 0 saturated heterocycles. The van der Waals surface area contributed by atoms with Crippen molar-refractivity contribution in [2.75, 3.05) is 31.6 Å². The quantitative estimate of drug-likeness (QED) is 0.235. The average Bonchev–Trinajstić information content (AvgIpc) is 2.97. The van der Waals surface area contributed by atoms with Crippen molar-refractivity contribution in [2.45, 2.75) is 31.7 Å². The van der Waals surface area contributed by atoms with E-state index in [0.29, 0.717) is 6.42 Å². The summed E-state index contributed by atoms with van der Waals surface area (Å²) in [5, 5.41) is 21.1. The molecule has 0 unspecified atom stereocenters. The number of aryl methyl sites for hydroxylation is 2. The van der Waals surface area contributed by atoms with Gasteiger partial charge in [0, 0.05) is 25.2 Å². The highest BCUT2D eigenvalue weighted by Gasteiger charge is 2.20. The summed E-state index contributed by atoms with van der Waals surface area (Å²) in [5.74, 6) is -0.441. The van der Waals surface area contributed by atoms with Crippen molar-refractivity contribution in [2.24, 2.45) is 0 Å². The summed E-state index contributed by atoms with van der Waals surface area (Å²) in [6.07, 6.45) is 2.72. The zero-order chi connectivity index (χ0) is 28.5. The average molecular weight is 585 g/mol. The van der Waals surface area contributed by atoms with Gasteiger partial charge in [-0.2, -0.15) is 0 Å². The van der Waals surface area contributed by atoms with E-state index in [-0.39, 0.29) is 41.0 Å². The van der Waals surface area contributed by atoms with E-state index in [1.54, 1.807) is 12.1 Å². The van der Waals surface area contributed by atoms with E-state index in [1.807, 2.05) is 42.5 Å². The molecule has 0 aliphatic carbocycles. The number of fused-ring (bicyclic) bond motifs is 1. The molecule has 3 amide bonds. The summed E-state index contributed by atoms with van der Waals surface area (Å²) in [6.45, 7) is 0.171. The Morgan fingerprint density at radius 2 is 1.73 bits per heavy atom. The number of carbonyl (C=O) groups is 3. The number of hydrogen-bond acceptors (Lipinski definition) is 6. The van der Waals surface area contributed by atoms with Crippen molar-refractivity contribution in [1.82, 2.24) is 20.9 Å². The Balaban J connectivity index is 1.21. The monoisotopic (exact) mass is 583 g/mol. The second-order valence-corrected chi connectivity index (χ2v) is 10.3. The number of aliphatic hydroxyl groups excluding tert-OH is 1. The normalized spacial score (nSPS) is 13.0. The predicted molar refractivity (Wildman–Crippen MR) is 156 cm³/mol. The third-order valence-corrected chi connectivity index (χ3v) is 7.08. The number of pyridine rings is 1. The number of amides is 3. The van der Waals surface area contributed by atoms with E-state index in [9.17, 15) is 19.5 Å². The van der Waals surface area contributed by atoms with Gasteiger partial charge in [0.05, 0.1) is 34.8 Å². The molecule has 11 heteroatoms. The summed E-state index contributed by atoms with van der Waals surface area (Å²) >= 11 is 12.8. The van der Waals surface area contributed by atoms with Crippen LogP contribution < -0.4 is 21.3 Å². The van der Waals surface area contributed by atoms with Crippen molar-refractivity contribution in [1.29, 1.82) is 0 Å². The molecule has 3 aromatic rings. The zero-order valence-electron chi connectivity index (χ0n) is 21.8. The van der Waals surface area contributed by atoms with Crippen LogP contribution >= 0.6 is 23.2 Å². The number of aromatic nitrogens is 1. The van der Waals surface area contributed by atoms with E-state index in [1.165, 1.54) is 5.56 Å². The van der Waals surface area contributed by atoms with Crippen molar-refractivity contribution in [3.63, 3.8) is 0 Å². The molecule has 4 rings (SSSR count). The molecule has 2 aromatic carbocycles. The largest absolute Gasteiger partial charge is 0.394 e. The molecular weight excluding hydrogens is 553 g/mol. The fourth-order valence-corrected chi connectivity index (χ4v) is 4.98. The number of carbonyl (C=O) groups excluding carboxylic acids is 3. The summed E-state index contributed by atoms with van der Waals surface area (Å²) in [5.41, 5.74) is 3.72. The molecule has 0 saturated carbocycles. The van der Waals surface area contributed by atoms with Gasteiger partial charge in [-0.3, -0.25) is 14.4 Å². The molecule has 40 heavy (non-hydrogen) atoms. The maximum atomic E-state index is 12.9. The number of hydrogen-bond donors (Lipinski definition) is 5. The smallest absolute Gasteiger partial charge is 0.254 e. The maximum absolute atomic E-state index is 12.9. The molecule has 0 radical (unpaired) electrons. The highest BCUT2D eigenvalue weighted by atomic mass is 35.5. The molecular formula is C29H31Cl2N5O4. The minimum absolute atomic E-state index is 0.0552. The summed E-state index contributed by atoms with van der Waals surface area (Å²) in [4.78, 5) is 41.9. The molecule has 1 aliphatic heterocycles. The van der Waals surface area contributed by atoms with Gasteiger partial charge in [-0.1, -0.05) is 59.6 Å². The van der Waals surface area contributed by atoms with Gasteiger partial charge in [0.2, 0.25) is 11.8 Å². The zero-order valence-corrected chi connectivity index (χ0v) is 23.3. The highest BCUT2D eigenvalue weighted by Crippen LogP contribution is 2.31. The summed E-state index contributed by atoms with van der Waals surface area (Å²) < 4.78 is 0. The van der Waals surface area contributed by atoms with Crippen LogP contribution in [0.1, 0.15) is 34.5 Å². The molecule has 1 aromatic heterocycles. The second kappa shape index (κ2) is 14.1. The van der Waals surface area contributed by atoms with Crippen LogP contribution in [0.25, 0.3) is 11.1 Å². The highest BCUT2D eigenvalue weighted by molar-refractivity contribution is 6.40. The van der Waals surface area contributed by atoms with Gasteiger partial charge in [-0.05, 0) is 54.2 Å². The van der Waals surface area contributed by atoms with Crippen LogP contribution in [-0.2, 0) is 22.4 Å². The number of benzene rings is 2. The Hall–Kier alpha value is -3.66. The van der Waals surface area contributed by atoms with Gasteiger partial charge in [-0.25, -0.2) is 4.98 Å². The van der Waals surface area contributed by atoms with Crippen LogP contribution in [0.4, 0.5) is 5.82 Å². The lowest BCUT2D eigenvalue weighted by Gasteiger charge is -2.18. The minimum Gasteiger partial charge on any atom is -0.394 e. The van der Waals surface area contributed by atoms with Crippen molar-refractivity contribution < 1.29 is 19.5 Å². The summed E-state index contributed by atoms with van der Waals surface area (Å²) in [6, 6.07) is 15.9. The molecule has 210 valence electrons. The van der Waals surface area contributed by atoms with E-state index in [4.69, 9.17) is 23.2 Å². The van der Waals surface area contributed by atoms with E-state index in [0.717, 1.165) is 42.0 Å². The number of aliphatic hydroxyl groups is 1. The third-order valence-electron chi connectivity index (χ3n) is 6.48. The Morgan fingerprint density at radius 3 is 2.45 bits per heavy atom. The lowest BCUT2D eigenvalue weighted by Crippen LogP contribution is -2.47. The van der Waals surface area contributed by atoms with Crippen LogP contribution in [0, 0.1) is 0 Å². The van der Waals surface area contributed by atoms with Crippen LogP contribution in [0.15, 0.2) is 54.6 Å². The Morgan fingerprint density at radius 1 is 0.975 bits per heavy atom. The van der Waals surface area contributed by atoms with Crippen LogP contribution in [0.5, 0.6) is 0 Å². The van der Waals surface area contributed by atoms with E-state index >= 15 is 0 Å². The second-order valence-electron chi connectivity index (χ2n) is 9.46. The van der Waals surface area contributed by atoms with Gasteiger partial charge >= 0.3 is 0 Å². The maximum Gasteiger partial charge on any atom is 0.254 e. The lowest BCUT2D eigenvalue weighted by atomic mass is 10.0. The molecule has 9 nitrogen and oxygen atoms in total. The van der Waals surface area contributed by atoms with Gasteiger partial charge in [0.15, 0.2) is 0 Å². The number of nitrogens with one attached hydrogen (secondary N) is 4. The van der Waals surface area contributed by atoms with Gasteiger partial charge in [-0.15, -0.1) is 0 Å². The first-order valence-electron chi connectivity index (χ1n) is 13.1. The van der Waals surface area contributed by atoms with Crippen molar-refractivity contribution in [3.8, 4) is 11.1 Å². The third kappa shape index (κ3) is 7.94. The fourth-order valence-electron chi connectivity index (χ4n) is 4.32. The van der Waals surface area contributed by atoms with Gasteiger partial charge < -0.3 is 26.4 Å². The number of anilines is 1. The molecule has 1 aliphatic rings. The Bertz CT molecular complexity index is 1350. The first kappa shape index (κ1) is 29.3. The standard InChI is InChI=1S/C29H31Cl2N5O4/c30-23-13-20(18-5-2-1-3-6-18)14-24(31)27(23)29(40)36-22(17-37)15-33-26(39)16-34-25(38)11-10-21-9-8-19-7-4-12-32-28(19)35-21/h1-3,5-6,8-9,13-14,22,37H,4,7,10-12,15-17H2,(H,32,35)(H,33,39)(H,34,38)(H,36,40)/t22-/m0/s1. The topological polar surface area (TPSA) is 132 Å². The number of halogens is 2. The number of rotatable bonds is 11. The van der Waals surface area contributed by atoms with E-state index < -0.39 is 24.5 Å². The van der Waals surface area contributed by atoms with Crippen LogP contribution in [0.3, 0.4) is 0 Å². The molecule has 0 bridgehead atoms. The fraction of sp³-hybridized carbons (Fsp3) is 0.310. The molecule has 2 heterocycles. The Labute approximate surface area is 242 Å². The van der Waals surface area contributed by atoms with Crippen molar-refractivity contribution in [3.05, 3.63) is 81.5 Å². The summed E-state index contributed by atoms with van der Waals surface area (Å²) in [7, 11) is 0. The van der Waals surface area contributed by atoms with Crippen molar-refractivity contribution >= 4 is 46.7 Å². The molecule has 1 atom stereocenters. The number of nitrogens with zero attached hydrogens (tertiary/aromatic N) is 1. The molecule has 5 N–H and O–H groups in total. The first-order valence-corrected chi connectivity index (χ1v) is 13.8. The van der Waals surface area contributed by atoms with E-state index in [2.05, 4.69) is 26.3 Å². The molecule has 0 fully saturated rings.